The van der Waals surface area contributed by atoms with E-state index in [9.17, 15) is 4.79 Å². The Hall–Kier alpha value is -0.820. The molecule has 0 saturated carbocycles. The van der Waals surface area contributed by atoms with Crippen LogP contribution >= 0.6 is 22.6 Å². The first-order chi connectivity index (χ1) is 8.22. The first kappa shape index (κ1) is 14.2. The third kappa shape index (κ3) is 4.16. The second kappa shape index (κ2) is 7.50. The molecule has 0 aliphatic carbocycles. The largest absolute Gasteiger partial charge is 0.496 e. The summed E-state index contributed by atoms with van der Waals surface area (Å²) in [5, 5.41) is 2.81. The maximum Gasteiger partial charge on any atom is 0.257 e. The molecule has 1 atom stereocenters. The fourth-order valence-corrected chi connectivity index (χ4v) is 1.97. The van der Waals surface area contributed by atoms with E-state index in [1.165, 1.54) is 0 Å². The molecule has 0 aliphatic rings. The number of halogens is 1. The van der Waals surface area contributed by atoms with Crippen LogP contribution < -0.4 is 10.1 Å². The zero-order valence-electron chi connectivity index (χ0n) is 9.90. The molecule has 1 amide bonds. The number of hydrogen-bond donors (Lipinski definition) is 1. The number of amides is 1. The summed E-state index contributed by atoms with van der Waals surface area (Å²) in [6.07, 6.45) is 0.516. The van der Waals surface area contributed by atoms with Gasteiger partial charge in [0.15, 0.2) is 0 Å². The van der Waals surface area contributed by atoms with Crippen molar-refractivity contribution >= 4 is 28.5 Å². The lowest BCUT2D eigenvalue weighted by molar-refractivity contribution is 0.0569. The second-order valence-corrected chi connectivity index (χ2v) is 4.45. The molecule has 0 fully saturated rings. The number of carbonyl (C=O) groups excluding carboxylic acids is 1. The zero-order chi connectivity index (χ0) is 12.7. The van der Waals surface area contributed by atoms with Crippen LogP contribution in [0, 0.1) is 0 Å². The Morgan fingerprint density at radius 3 is 2.71 bits per heavy atom. The van der Waals surface area contributed by atoms with E-state index in [1.54, 1.807) is 32.4 Å². The van der Waals surface area contributed by atoms with Crippen molar-refractivity contribution in [3.8, 4) is 5.75 Å². The molecule has 0 radical (unpaired) electrons. The molecule has 1 rings (SSSR count). The number of rotatable bonds is 6. The lowest BCUT2D eigenvalue weighted by Gasteiger charge is -2.16. The Balaban J connectivity index is 2.75. The van der Waals surface area contributed by atoms with Gasteiger partial charge in [-0.05, 0) is 12.1 Å². The van der Waals surface area contributed by atoms with Crippen molar-refractivity contribution in [3.63, 3.8) is 0 Å². The minimum atomic E-state index is -0.260. The van der Waals surface area contributed by atoms with Crippen molar-refractivity contribution < 1.29 is 14.3 Å². The summed E-state index contributed by atoms with van der Waals surface area (Å²) < 4.78 is 11.2. The van der Waals surface area contributed by atoms with Crippen LogP contribution in [0.4, 0.5) is 0 Å². The standard InChI is InChI=1S/C12H16INO3/c1-16-10-6-4-3-5-9(10)12(15)14-11(17-2)7-8-13/h3-6,11H,7-8H2,1-2H3,(H,14,15). The summed E-state index contributed by atoms with van der Waals surface area (Å²) in [6, 6.07) is 7.12. The van der Waals surface area contributed by atoms with Crippen molar-refractivity contribution in [3.05, 3.63) is 29.8 Å². The number of hydrogen-bond acceptors (Lipinski definition) is 3. The van der Waals surface area contributed by atoms with Crippen LogP contribution in [0.25, 0.3) is 0 Å². The van der Waals surface area contributed by atoms with Crippen LogP contribution in [0.2, 0.25) is 0 Å². The van der Waals surface area contributed by atoms with Crippen LogP contribution in [0.3, 0.4) is 0 Å². The number of nitrogens with one attached hydrogen (secondary N) is 1. The van der Waals surface area contributed by atoms with Gasteiger partial charge in [-0.15, -0.1) is 0 Å². The van der Waals surface area contributed by atoms with Crippen molar-refractivity contribution in [2.75, 3.05) is 18.6 Å². The number of para-hydroxylation sites is 1. The fourth-order valence-electron chi connectivity index (χ4n) is 1.40. The molecule has 17 heavy (non-hydrogen) atoms. The Labute approximate surface area is 115 Å². The average molecular weight is 349 g/mol. The molecule has 0 heterocycles. The fraction of sp³-hybridized carbons (Fsp3) is 0.417. The molecule has 1 aromatic rings. The van der Waals surface area contributed by atoms with E-state index in [1.807, 2.05) is 6.07 Å². The minimum Gasteiger partial charge on any atom is -0.496 e. The maximum atomic E-state index is 12.0. The van der Waals surface area contributed by atoms with E-state index in [-0.39, 0.29) is 12.1 Å². The van der Waals surface area contributed by atoms with Crippen molar-refractivity contribution in [1.82, 2.24) is 5.32 Å². The van der Waals surface area contributed by atoms with Crippen LogP contribution in [-0.2, 0) is 4.74 Å². The first-order valence-electron chi connectivity index (χ1n) is 5.25. The predicted molar refractivity (Wildman–Crippen MR) is 74.8 cm³/mol. The van der Waals surface area contributed by atoms with E-state index in [0.29, 0.717) is 11.3 Å². The number of ether oxygens (including phenoxy) is 2. The first-order valence-corrected chi connectivity index (χ1v) is 6.78. The van der Waals surface area contributed by atoms with Crippen molar-refractivity contribution in [2.24, 2.45) is 0 Å². The lowest BCUT2D eigenvalue weighted by atomic mass is 10.2. The smallest absolute Gasteiger partial charge is 0.257 e. The number of carbonyl (C=O) groups is 1. The molecule has 1 aromatic carbocycles. The predicted octanol–water partition coefficient (Wildman–Crippen LogP) is 2.22. The van der Waals surface area contributed by atoms with Gasteiger partial charge in [-0.3, -0.25) is 4.79 Å². The van der Waals surface area contributed by atoms with E-state index >= 15 is 0 Å². The summed E-state index contributed by atoms with van der Waals surface area (Å²) in [7, 11) is 3.13. The van der Waals surface area contributed by atoms with Crippen molar-refractivity contribution in [1.29, 1.82) is 0 Å². The highest BCUT2D eigenvalue weighted by Crippen LogP contribution is 2.17. The second-order valence-electron chi connectivity index (χ2n) is 3.38. The number of alkyl halides is 1. The van der Waals surface area contributed by atoms with Gasteiger partial charge in [-0.2, -0.15) is 0 Å². The third-order valence-electron chi connectivity index (χ3n) is 2.30. The SMILES string of the molecule is COc1ccccc1C(=O)NC(CCI)OC. The molecule has 0 aliphatic heterocycles. The Morgan fingerprint density at radius 1 is 1.41 bits per heavy atom. The van der Waals surface area contributed by atoms with Crippen LogP contribution in [-0.4, -0.2) is 30.8 Å². The summed E-state index contributed by atoms with van der Waals surface area (Å²) in [5.74, 6) is 0.383. The lowest BCUT2D eigenvalue weighted by Crippen LogP contribution is -2.36. The average Bonchev–Trinajstić information content (AvgIpc) is 2.38. The van der Waals surface area contributed by atoms with Gasteiger partial charge in [0.25, 0.3) is 5.91 Å². The Morgan fingerprint density at radius 2 is 2.12 bits per heavy atom. The Kier molecular flexibility index (Phi) is 6.28. The molecule has 4 nitrogen and oxygen atoms in total. The summed E-state index contributed by atoms with van der Waals surface area (Å²) >= 11 is 2.25. The maximum absolute atomic E-state index is 12.0. The monoisotopic (exact) mass is 349 g/mol. The van der Waals surface area contributed by atoms with Crippen LogP contribution in [0.1, 0.15) is 16.8 Å². The van der Waals surface area contributed by atoms with Gasteiger partial charge in [-0.25, -0.2) is 0 Å². The highest BCUT2D eigenvalue weighted by molar-refractivity contribution is 14.1. The number of benzene rings is 1. The highest BCUT2D eigenvalue weighted by Gasteiger charge is 2.15. The van der Waals surface area contributed by atoms with Crippen LogP contribution in [0.5, 0.6) is 5.75 Å². The normalized spacial score (nSPS) is 11.9. The molecule has 0 spiro atoms. The van der Waals surface area contributed by atoms with Gasteiger partial charge in [0, 0.05) is 18.0 Å². The zero-order valence-corrected chi connectivity index (χ0v) is 12.1. The minimum absolute atomic E-state index is 0.181. The highest BCUT2D eigenvalue weighted by atomic mass is 127. The molecule has 5 heteroatoms. The van der Waals surface area contributed by atoms with E-state index in [0.717, 1.165) is 10.8 Å². The van der Waals surface area contributed by atoms with E-state index in [2.05, 4.69) is 27.9 Å². The third-order valence-corrected chi connectivity index (χ3v) is 2.92. The summed E-state index contributed by atoms with van der Waals surface area (Å²) in [6.45, 7) is 0. The van der Waals surface area contributed by atoms with E-state index < -0.39 is 0 Å². The van der Waals surface area contributed by atoms with Gasteiger partial charge in [0.05, 0.1) is 12.7 Å². The Bertz CT molecular complexity index is 371. The molecule has 0 bridgehead atoms. The van der Waals surface area contributed by atoms with Gasteiger partial charge in [-0.1, -0.05) is 34.7 Å². The molecular weight excluding hydrogens is 333 g/mol. The number of methoxy groups -OCH3 is 2. The van der Waals surface area contributed by atoms with Gasteiger partial charge in [0.1, 0.15) is 12.0 Å². The van der Waals surface area contributed by atoms with Gasteiger partial charge in [0.2, 0.25) is 0 Å². The van der Waals surface area contributed by atoms with Crippen molar-refractivity contribution in [2.45, 2.75) is 12.6 Å². The quantitative estimate of drug-likeness (QED) is 0.487. The molecular formula is C12H16INO3. The van der Waals surface area contributed by atoms with Crippen LogP contribution in [0.15, 0.2) is 24.3 Å². The van der Waals surface area contributed by atoms with Gasteiger partial charge < -0.3 is 14.8 Å². The van der Waals surface area contributed by atoms with Gasteiger partial charge >= 0.3 is 0 Å². The molecule has 1 unspecified atom stereocenters. The molecule has 0 saturated heterocycles. The van der Waals surface area contributed by atoms with E-state index in [4.69, 9.17) is 9.47 Å². The summed E-state index contributed by atoms with van der Waals surface area (Å²) in [4.78, 5) is 12.0. The summed E-state index contributed by atoms with van der Waals surface area (Å²) in [5.41, 5.74) is 0.519. The topological polar surface area (TPSA) is 47.6 Å². The molecule has 1 N–H and O–H groups in total. The molecule has 94 valence electrons. The molecule has 0 aromatic heterocycles.